The molecule has 0 heterocycles. The van der Waals surface area contributed by atoms with E-state index >= 15 is 0 Å². The van der Waals surface area contributed by atoms with Crippen LogP contribution in [0.1, 0.15) is 0 Å². The van der Waals surface area contributed by atoms with Gasteiger partial charge in [0.05, 0.1) is 23.3 Å². The lowest BCUT2D eigenvalue weighted by atomic mass is 10.3. The van der Waals surface area contributed by atoms with Crippen molar-refractivity contribution < 1.29 is 28.7 Å². The fourth-order valence-electron chi connectivity index (χ4n) is 1.17. The zero-order valence-electron chi connectivity index (χ0n) is 8.40. The lowest BCUT2D eigenvalue weighted by molar-refractivity contribution is -0.386. The van der Waals surface area contributed by atoms with Crippen LogP contribution in [0, 0.1) is 10.1 Å². The normalized spacial score (nSPS) is 11.4. The highest BCUT2D eigenvalue weighted by atomic mass is 32.2. The van der Waals surface area contributed by atoms with Gasteiger partial charge in [-0.05, 0) is 0 Å². The van der Waals surface area contributed by atoms with Gasteiger partial charge in [-0.15, -0.1) is 0 Å². The summed E-state index contributed by atoms with van der Waals surface area (Å²) in [6.45, 7) is -0.667. The number of nitro benzene ring substituents is 1. The molecule has 0 amide bonds. The number of nitro groups is 1. The first-order chi connectivity index (χ1) is 7.79. The molecule has 1 rings (SSSR count). The smallest absolute Gasteiger partial charge is 0.314 e. The molecular formula is C8H9NO7S. The maximum atomic E-state index is 11.5. The largest absolute Gasteiger partial charge is 0.506 e. The van der Waals surface area contributed by atoms with Crippen molar-refractivity contribution >= 4 is 15.5 Å². The summed E-state index contributed by atoms with van der Waals surface area (Å²) < 4.78 is 23.0. The lowest BCUT2D eigenvalue weighted by Crippen LogP contribution is -2.10. The van der Waals surface area contributed by atoms with Gasteiger partial charge in [-0.25, -0.2) is 8.42 Å². The minimum absolute atomic E-state index is 0.541. The van der Waals surface area contributed by atoms with Crippen molar-refractivity contribution in [2.75, 3.05) is 12.4 Å². The van der Waals surface area contributed by atoms with Gasteiger partial charge in [-0.3, -0.25) is 10.1 Å². The molecule has 0 saturated heterocycles. The van der Waals surface area contributed by atoms with Gasteiger partial charge < -0.3 is 15.3 Å². The highest BCUT2D eigenvalue weighted by molar-refractivity contribution is 7.91. The predicted octanol–water partition coefficient (Wildman–Crippen LogP) is -0.228. The van der Waals surface area contributed by atoms with E-state index in [4.69, 9.17) is 5.11 Å². The summed E-state index contributed by atoms with van der Waals surface area (Å²) in [5.41, 5.74) is -0.801. The molecule has 0 fully saturated rings. The molecule has 1 aromatic carbocycles. The molecule has 0 unspecified atom stereocenters. The standard InChI is InChI=1S/C8H9NO7S/c10-1-2-17(15,16)8-4-6(11)5(9(13)14)3-7(8)12/h3-4,10-12H,1-2H2. The van der Waals surface area contributed by atoms with Crippen molar-refractivity contribution in [1.82, 2.24) is 0 Å². The Balaban J connectivity index is 3.40. The number of hydrogen-bond donors (Lipinski definition) is 3. The third kappa shape index (κ3) is 2.63. The van der Waals surface area contributed by atoms with Gasteiger partial charge in [-0.1, -0.05) is 0 Å². The monoisotopic (exact) mass is 263 g/mol. The number of benzene rings is 1. The van der Waals surface area contributed by atoms with E-state index in [0.717, 1.165) is 0 Å². The van der Waals surface area contributed by atoms with Crippen LogP contribution in [0.4, 0.5) is 5.69 Å². The molecule has 0 saturated carbocycles. The van der Waals surface area contributed by atoms with E-state index in [9.17, 15) is 28.7 Å². The minimum atomic E-state index is -3.99. The van der Waals surface area contributed by atoms with Crippen molar-refractivity contribution in [2.24, 2.45) is 0 Å². The van der Waals surface area contributed by atoms with Gasteiger partial charge in [0.15, 0.2) is 15.6 Å². The summed E-state index contributed by atoms with van der Waals surface area (Å²) in [4.78, 5) is 8.79. The number of phenolic OH excluding ortho intramolecular Hbond substituents is 2. The maximum Gasteiger partial charge on any atom is 0.314 e. The van der Waals surface area contributed by atoms with E-state index in [0.29, 0.717) is 12.1 Å². The first-order valence-corrected chi connectivity index (χ1v) is 5.99. The number of nitrogens with zero attached hydrogens (tertiary/aromatic N) is 1. The van der Waals surface area contributed by atoms with Gasteiger partial charge in [0.25, 0.3) is 0 Å². The van der Waals surface area contributed by atoms with Crippen LogP contribution in [0.25, 0.3) is 0 Å². The number of rotatable bonds is 4. The summed E-state index contributed by atoms with van der Waals surface area (Å²) in [6, 6.07) is 1.12. The van der Waals surface area contributed by atoms with Crippen molar-refractivity contribution in [2.45, 2.75) is 4.90 Å². The Morgan fingerprint density at radius 3 is 2.29 bits per heavy atom. The SMILES string of the molecule is O=[N+]([O-])c1cc(O)c(S(=O)(=O)CCO)cc1O. The van der Waals surface area contributed by atoms with Crippen LogP contribution in [-0.4, -0.2) is 41.0 Å². The molecule has 0 atom stereocenters. The highest BCUT2D eigenvalue weighted by Crippen LogP contribution is 2.35. The number of hydrogen-bond acceptors (Lipinski definition) is 7. The third-order valence-corrected chi connectivity index (χ3v) is 3.67. The number of sulfone groups is 1. The molecule has 0 spiro atoms. The zero-order chi connectivity index (χ0) is 13.2. The summed E-state index contributed by atoms with van der Waals surface area (Å²) >= 11 is 0. The van der Waals surface area contributed by atoms with Gasteiger partial charge in [-0.2, -0.15) is 0 Å². The zero-order valence-corrected chi connectivity index (χ0v) is 9.22. The molecule has 0 aliphatic carbocycles. The molecule has 8 nitrogen and oxygen atoms in total. The van der Waals surface area contributed by atoms with Gasteiger partial charge in [0, 0.05) is 6.07 Å². The number of aliphatic hydroxyl groups excluding tert-OH is 1. The number of phenols is 2. The van der Waals surface area contributed by atoms with Gasteiger partial charge >= 0.3 is 5.69 Å². The molecular weight excluding hydrogens is 254 g/mol. The van der Waals surface area contributed by atoms with Crippen LogP contribution in [0.15, 0.2) is 17.0 Å². The second-order valence-corrected chi connectivity index (χ2v) is 5.19. The Labute approximate surface area is 95.8 Å². The van der Waals surface area contributed by atoms with Crippen LogP contribution < -0.4 is 0 Å². The van der Waals surface area contributed by atoms with E-state index in [1.165, 1.54) is 0 Å². The van der Waals surface area contributed by atoms with Gasteiger partial charge in [0.2, 0.25) is 0 Å². The van der Waals surface area contributed by atoms with E-state index in [1.54, 1.807) is 0 Å². The second kappa shape index (κ2) is 4.55. The van der Waals surface area contributed by atoms with Crippen molar-refractivity contribution in [3.05, 3.63) is 22.2 Å². The first-order valence-electron chi connectivity index (χ1n) is 4.33. The maximum absolute atomic E-state index is 11.5. The highest BCUT2D eigenvalue weighted by Gasteiger charge is 2.24. The number of aliphatic hydroxyl groups is 1. The molecule has 3 N–H and O–H groups in total. The third-order valence-electron chi connectivity index (χ3n) is 1.95. The second-order valence-electron chi connectivity index (χ2n) is 3.11. The fourth-order valence-corrected chi connectivity index (χ4v) is 2.30. The molecule has 0 aromatic heterocycles. The Bertz CT molecular complexity index is 551. The average Bonchev–Trinajstić information content (AvgIpc) is 2.20. The molecule has 0 aliphatic heterocycles. The van der Waals surface area contributed by atoms with Crippen LogP contribution in [0.5, 0.6) is 11.5 Å². The Morgan fingerprint density at radius 1 is 1.24 bits per heavy atom. The Hall–Kier alpha value is -1.87. The van der Waals surface area contributed by atoms with E-state index < -0.39 is 49.2 Å². The van der Waals surface area contributed by atoms with Gasteiger partial charge in [0.1, 0.15) is 10.6 Å². The summed E-state index contributed by atoms with van der Waals surface area (Å²) in [6.07, 6.45) is 0. The molecule has 1 aromatic rings. The van der Waals surface area contributed by atoms with E-state index in [-0.39, 0.29) is 0 Å². The average molecular weight is 263 g/mol. The van der Waals surface area contributed by atoms with E-state index in [1.807, 2.05) is 0 Å². The lowest BCUT2D eigenvalue weighted by Gasteiger charge is -2.06. The van der Waals surface area contributed by atoms with Crippen molar-refractivity contribution in [3.8, 4) is 11.5 Å². The summed E-state index contributed by atoms with van der Waals surface area (Å²) in [7, 11) is -3.99. The van der Waals surface area contributed by atoms with E-state index in [2.05, 4.69) is 0 Å². The Morgan fingerprint density at radius 2 is 1.82 bits per heavy atom. The minimum Gasteiger partial charge on any atom is -0.506 e. The fraction of sp³-hybridized carbons (Fsp3) is 0.250. The van der Waals surface area contributed by atoms with Crippen LogP contribution in [0.3, 0.4) is 0 Å². The predicted molar refractivity (Wildman–Crippen MR) is 55.6 cm³/mol. The molecule has 94 valence electrons. The first kappa shape index (κ1) is 13.2. The molecule has 0 bridgehead atoms. The number of aromatic hydroxyl groups is 2. The Kier molecular flexibility index (Phi) is 3.53. The molecule has 9 heteroatoms. The quantitative estimate of drug-likeness (QED) is 0.387. The molecule has 0 radical (unpaired) electrons. The topological polar surface area (TPSA) is 138 Å². The van der Waals surface area contributed by atoms with Crippen LogP contribution in [-0.2, 0) is 9.84 Å². The van der Waals surface area contributed by atoms with Crippen molar-refractivity contribution in [3.63, 3.8) is 0 Å². The molecule has 0 aliphatic rings. The van der Waals surface area contributed by atoms with Crippen LogP contribution in [0.2, 0.25) is 0 Å². The van der Waals surface area contributed by atoms with Crippen molar-refractivity contribution in [1.29, 1.82) is 0 Å². The summed E-state index contributed by atoms with van der Waals surface area (Å²) in [5.74, 6) is -2.37. The van der Waals surface area contributed by atoms with Crippen LogP contribution >= 0.6 is 0 Å². The molecule has 17 heavy (non-hydrogen) atoms. The summed E-state index contributed by atoms with van der Waals surface area (Å²) in [5, 5.41) is 37.5.